The molecule has 0 radical (unpaired) electrons. The van der Waals surface area contributed by atoms with Crippen molar-refractivity contribution >= 4 is 32.6 Å². The topological polar surface area (TPSA) is 73.6 Å². The summed E-state index contributed by atoms with van der Waals surface area (Å²) in [4.78, 5) is 16.5. The first-order valence-electron chi connectivity index (χ1n) is 8.92. The number of aromatic nitrogens is 1. The van der Waals surface area contributed by atoms with Crippen LogP contribution in [0.1, 0.15) is 16.3 Å². The minimum absolute atomic E-state index is 0.0432. The fourth-order valence-electron chi connectivity index (χ4n) is 2.69. The van der Waals surface area contributed by atoms with Crippen LogP contribution in [0, 0.1) is 23.3 Å². The average molecular weight is 488 g/mol. The normalized spacial score (nSPS) is 11.2. The number of hydrogen-bond acceptors (Lipinski definition) is 6. The fraction of sp³-hybridized carbons (Fsp3) is 0.100. The monoisotopic (exact) mass is 488 g/mol. The summed E-state index contributed by atoms with van der Waals surface area (Å²) in [7, 11) is 0. The molecule has 0 saturated carbocycles. The van der Waals surface area contributed by atoms with Gasteiger partial charge in [-0.25, -0.2) is 13.8 Å². The lowest BCUT2D eigenvalue weighted by Crippen LogP contribution is -2.10. The molecule has 0 saturated heterocycles. The van der Waals surface area contributed by atoms with Crippen molar-refractivity contribution in [3.8, 4) is 11.5 Å². The third-order valence-corrected chi connectivity index (χ3v) is 5.05. The number of thiazole rings is 1. The summed E-state index contributed by atoms with van der Waals surface area (Å²) in [6.07, 6.45) is 0. The standard InChI is InChI=1S/C20H10F6N2O4S/c21-10-6-11(22)16(24)17(15(10)23)30-7-9-2-4-13(31-9)18(29)28-20-27-12-3-1-8(32-19(25)26)5-14(12)33-20/h1-6,19H,7H2,(H,27,28,29). The summed E-state index contributed by atoms with van der Waals surface area (Å²) in [6, 6.07) is 6.61. The van der Waals surface area contributed by atoms with E-state index in [1.807, 2.05) is 0 Å². The number of ether oxygens (including phenoxy) is 2. The fourth-order valence-corrected chi connectivity index (χ4v) is 3.58. The first kappa shape index (κ1) is 22.5. The SMILES string of the molecule is O=C(Nc1nc2ccc(OC(F)F)cc2s1)c1ccc(COc2c(F)c(F)cc(F)c2F)o1. The van der Waals surface area contributed by atoms with Crippen LogP contribution in [-0.4, -0.2) is 17.5 Å². The van der Waals surface area contributed by atoms with E-state index in [1.165, 1.54) is 30.3 Å². The molecule has 13 heteroatoms. The van der Waals surface area contributed by atoms with Crippen molar-refractivity contribution in [2.24, 2.45) is 0 Å². The molecule has 0 aliphatic carbocycles. The van der Waals surface area contributed by atoms with Crippen LogP contribution < -0.4 is 14.8 Å². The smallest absolute Gasteiger partial charge is 0.387 e. The van der Waals surface area contributed by atoms with Gasteiger partial charge in [-0.3, -0.25) is 10.1 Å². The van der Waals surface area contributed by atoms with Crippen LogP contribution in [0.15, 0.2) is 40.8 Å². The zero-order valence-electron chi connectivity index (χ0n) is 16.0. The number of hydrogen-bond donors (Lipinski definition) is 1. The van der Waals surface area contributed by atoms with E-state index >= 15 is 0 Å². The molecule has 6 nitrogen and oxygen atoms in total. The molecule has 1 N–H and O–H groups in total. The Balaban J connectivity index is 1.43. The van der Waals surface area contributed by atoms with Gasteiger partial charge in [-0.2, -0.15) is 17.6 Å². The van der Waals surface area contributed by atoms with Crippen molar-refractivity contribution in [2.45, 2.75) is 13.2 Å². The van der Waals surface area contributed by atoms with Gasteiger partial charge in [-0.05, 0) is 30.3 Å². The molecule has 0 spiro atoms. The first-order chi connectivity index (χ1) is 15.7. The van der Waals surface area contributed by atoms with E-state index in [9.17, 15) is 31.1 Å². The zero-order chi connectivity index (χ0) is 23.7. The van der Waals surface area contributed by atoms with E-state index in [-0.39, 0.29) is 28.5 Å². The lowest BCUT2D eigenvalue weighted by Gasteiger charge is -2.08. The molecule has 4 rings (SSSR count). The highest BCUT2D eigenvalue weighted by atomic mass is 32.1. The molecule has 1 amide bonds. The molecule has 2 aromatic heterocycles. The number of nitrogens with one attached hydrogen (secondary N) is 1. The second kappa shape index (κ2) is 9.02. The lowest BCUT2D eigenvalue weighted by atomic mass is 10.3. The number of furan rings is 1. The maximum atomic E-state index is 13.6. The molecule has 0 aliphatic heterocycles. The van der Waals surface area contributed by atoms with E-state index in [0.717, 1.165) is 11.3 Å². The van der Waals surface area contributed by atoms with Gasteiger partial charge in [0.2, 0.25) is 11.6 Å². The summed E-state index contributed by atoms with van der Waals surface area (Å²) in [6.45, 7) is -3.61. The van der Waals surface area contributed by atoms with Crippen LogP contribution in [0.4, 0.5) is 31.5 Å². The predicted molar refractivity (Wildman–Crippen MR) is 104 cm³/mol. The van der Waals surface area contributed by atoms with Crippen LogP contribution in [-0.2, 0) is 6.61 Å². The third-order valence-electron chi connectivity index (χ3n) is 4.12. The molecule has 2 heterocycles. The summed E-state index contributed by atoms with van der Waals surface area (Å²) >= 11 is 0.993. The van der Waals surface area contributed by atoms with Gasteiger partial charge >= 0.3 is 6.61 Å². The van der Waals surface area contributed by atoms with Crippen LogP contribution in [0.25, 0.3) is 10.2 Å². The van der Waals surface area contributed by atoms with Gasteiger partial charge in [0.25, 0.3) is 5.91 Å². The van der Waals surface area contributed by atoms with E-state index in [1.54, 1.807) is 0 Å². The minimum atomic E-state index is -2.99. The summed E-state index contributed by atoms with van der Waals surface area (Å²) < 4.78 is 93.2. The maximum Gasteiger partial charge on any atom is 0.387 e. The maximum absolute atomic E-state index is 13.6. The number of nitrogens with zero attached hydrogens (tertiary/aromatic N) is 1. The molecule has 0 bridgehead atoms. The van der Waals surface area contributed by atoms with Crippen molar-refractivity contribution in [3.63, 3.8) is 0 Å². The molecule has 0 atom stereocenters. The van der Waals surface area contributed by atoms with Crippen molar-refractivity contribution in [3.05, 3.63) is 71.2 Å². The number of rotatable bonds is 7. The summed E-state index contributed by atoms with van der Waals surface area (Å²) in [5.74, 6) is -9.05. The van der Waals surface area contributed by atoms with Crippen molar-refractivity contribution < 1.29 is 45.0 Å². The van der Waals surface area contributed by atoms with Gasteiger partial charge in [0.1, 0.15) is 18.1 Å². The van der Waals surface area contributed by atoms with Gasteiger partial charge in [0.15, 0.2) is 28.3 Å². The number of fused-ring (bicyclic) bond motifs is 1. The Morgan fingerprint density at radius 3 is 2.48 bits per heavy atom. The van der Waals surface area contributed by atoms with Gasteiger partial charge in [0, 0.05) is 6.07 Å². The van der Waals surface area contributed by atoms with Crippen LogP contribution in [0.5, 0.6) is 11.5 Å². The molecular weight excluding hydrogens is 478 g/mol. The van der Waals surface area contributed by atoms with Crippen LogP contribution >= 0.6 is 11.3 Å². The molecule has 172 valence electrons. The lowest BCUT2D eigenvalue weighted by molar-refractivity contribution is -0.0497. The zero-order valence-corrected chi connectivity index (χ0v) is 16.8. The van der Waals surface area contributed by atoms with E-state index in [0.29, 0.717) is 10.2 Å². The number of anilines is 1. The second-order valence-corrected chi connectivity index (χ2v) is 7.36. The highest BCUT2D eigenvalue weighted by molar-refractivity contribution is 7.22. The van der Waals surface area contributed by atoms with Gasteiger partial charge in [-0.15, -0.1) is 0 Å². The van der Waals surface area contributed by atoms with Crippen molar-refractivity contribution in [1.82, 2.24) is 4.98 Å². The number of carbonyl (C=O) groups is 1. The first-order valence-corrected chi connectivity index (χ1v) is 9.74. The Morgan fingerprint density at radius 1 is 1.06 bits per heavy atom. The van der Waals surface area contributed by atoms with Crippen LogP contribution in [0.2, 0.25) is 0 Å². The number of benzene rings is 2. The Bertz CT molecular complexity index is 1310. The molecule has 0 aliphatic rings. The second-order valence-electron chi connectivity index (χ2n) is 6.33. The molecule has 0 fully saturated rings. The quantitative estimate of drug-likeness (QED) is 0.260. The van der Waals surface area contributed by atoms with E-state index in [2.05, 4.69) is 15.0 Å². The largest absolute Gasteiger partial charge is 0.479 e. The molecular formula is C20H10F6N2O4S. The van der Waals surface area contributed by atoms with Crippen molar-refractivity contribution in [1.29, 1.82) is 0 Å². The third kappa shape index (κ3) is 4.87. The molecule has 33 heavy (non-hydrogen) atoms. The summed E-state index contributed by atoms with van der Waals surface area (Å²) in [5, 5.41) is 2.59. The Labute approximate surface area is 184 Å². The van der Waals surface area contributed by atoms with E-state index in [4.69, 9.17) is 9.15 Å². The van der Waals surface area contributed by atoms with Crippen LogP contribution in [0.3, 0.4) is 0 Å². The molecule has 0 unspecified atom stereocenters. The molecule has 2 aromatic carbocycles. The van der Waals surface area contributed by atoms with Gasteiger partial charge in [0.05, 0.1) is 10.2 Å². The Morgan fingerprint density at radius 2 is 1.79 bits per heavy atom. The Kier molecular flexibility index (Phi) is 6.14. The van der Waals surface area contributed by atoms with Crippen molar-refractivity contribution in [2.75, 3.05) is 5.32 Å². The summed E-state index contributed by atoms with van der Waals surface area (Å²) in [5.41, 5.74) is 0.428. The molecule has 4 aromatic rings. The number of halogens is 6. The number of amides is 1. The Hall–Kier alpha value is -3.74. The highest BCUT2D eigenvalue weighted by Crippen LogP contribution is 2.31. The van der Waals surface area contributed by atoms with Gasteiger partial charge in [-0.1, -0.05) is 11.3 Å². The number of carbonyl (C=O) groups excluding carboxylic acids is 1. The minimum Gasteiger partial charge on any atom is -0.479 e. The van der Waals surface area contributed by atoms with Gasteiger partial charge < -0.3 is 13.9 Å². The number of alkyl halides is 2. The average Bonchev–Trinajstić information content (AvgIpc) is 3.38. The van der Waals surface area contributed by atoms with E-state index < -0.39 is 48.1 Å². The predicted octanol–water partition coefficient (Wildman–Crippen LogP) is 5.88. The highest BCUT2D eigenvalue weighted by Gasteiger charge is 2.21.